The fourth-order valence-electron chi connectivity index (χ4n) is 2.92. The largest absolute Gasteiger partial charge is 0.423 e. The van der Waals surface area contributed by atoms with Crippen molar-refractivity contribution < 1.29 is 27.8 Å². The van der Waals surface area contributed by atoms with Crippen molar-refractivity contribution in [2.45, 2.75) is 32.6 Å². The summed E-state index contributed by atoms with van der Waals surface area (Å²) in [7, 11) is 0. The SMILES string of the molecule is CCCCCc1ccc(C(=O)Oc2ccc(C(=O)Oc3ccc(F)cc3)cc2F)cc1. The number of hydrogen-bond donors (Lipinski definition) is 0. The first-order chi connectivity index (χ1) is 15.0. The second-order valence-corrected chi connectivity index (χ2v) is 7.03. The summed E-state index contributed by atoms with van der Waals surface area (Å²) in [5.74, 6) is -3.03. The summed E-state index contributed by atoms with van der Waals surface area (Å²) in [4.78, 5) is 24.5. The van der Waals surface area contributed by atoms with E-state index in [0.717, 1.165) is 49.4 Å². The van der Waals surface area contributed by atoms with E-state index in [2.05, 4.69) is 6.92 Å². The van der Waals surface area contributed by atoms with Crippen molar-refractivity contribution in [1.29, 1.82) is 0 Å². The molecular weight excluding hydrogens is 402 g/mol. The molecule has 0 saturated heterocycles. The maximum Gasteiger partial charge on any atom is 0.343 e. The number of halogens is 2. The van der Waals surface area contributed by atoms with Gasteiger partial charge in [-0.15, -0.1) is 0 Å². The predicted octanol–water partition coefficient (Wildman–Crippen LogP) is 6.14. The van der Waals surface area contributed by atoms with Crippen LogP contribution in [0.5, 0.6) is 11.5 Å². The van der Waals surface area contributed by atoms with E-state index in [0.29, 0.717) is 5.56 Å². The van der Waals surface area contributed by atoms with Crippen LogP contribution in [0.1, 0.15) is 52.5 Å². The van der Waals surface area contributed by atoms with Crippen LogP contribution in [0.25, 0.3) is 0 Å². The minimum Gasteiger partial charge on any atom is -0.423 e. The van der Waals surface area contributed by atoms with Crippen LogP contribution in [0, 0.1) is 11.6 Å². The molecule has 0 spiro atoms. The first kappa shape index (κ1) is 22.2. The molecular formula is C25H22F2O4. The van der Waals surface area contributed by atoms with Gasteiger partial charge in [-0.25, -0.2) is 18.4 Å². The van der Waals surface area contributed by atoms with Crippen molar-refractivity contribution in [2.75, 3.05) is 0 Å². The Labute approximate surface area is 179 Å². The number of benzene rings is 3. The molecule has 0 aliphatic rings. The van der Waals surface area contributed by atoms with E-state index in [1.807, 2.05) is 12.1 Å². The number of rotatable bonds is 8. The highest BCUT2D eigenvalue weighted by Gasteiger charge is 2.16. The van der Waals surface area contributed by atoms with Crippen molar-refractivity contribution in [3.63, 3.8) is 0 Å². The van der Waals surface area contributed by atoms with Crippen LogP contribution < -0.4 is 9.47 Å². The van der Waals surface area contributed by atoms with E-state index < -0.39 is 23.6 Å². The van der Waals surface area contributed by atoms with Gasteiger partial charge in [-0.3, -0.25) is 0 Å². The summed E-state index contributed by atoms with van der Waals surface area (Å²) in [5, 5.41) is 0. The summed E-state index contributed by atoms with van der Waals surface area (Å²) >= 11 is 0. The molecule has 0 aliphatic carbocycles. The summed E-state index contributed by atoms with van der Waals surface area (Å²) < 4.78 is 37.5. The van der Waals surface area contributed by atoms with Gasteiger partial charge in [-0.1, -0.05) is 31.9 Å². The molecule has 31 heavy (non-hydrogen) atoms. The van der Waals surface area contributed by atoms with Gasteiger partial charge in [0.05, 0.1) is 11.1 Å². The number of esters is 2. The molecule has 3 aromatic carbocycles. The second-order valence-electron chi connectivity index (χ2n) is 7.03. The third-order valence-corrected chi connectivity index (χ3v) is 4.65. The number of carbonyl (C=O) groups is 2. The van der Waals surface area contributed by atoms with Crippen LogP contribution in [0.4, 0.5) is 8.78 Å². The van der Waals surface area contributed by atoms with Crippen LogP contribution >= 0.6 is 0 Å². The summed E-state index contributed by atoms with van der Waals surface area (Å²) in [6.45, 7) is 2.14. The molecule has 4 nitrogen and oxygen atoms in total. The molecule has 0 fully saturated rings. The number of aryl methyl sites for hydroxylation is 1. The Morgan fingerprint density at radius 1 is 0.774 bits per heavy atom. The Balaban J connectivity index is 1.62. The molecule has 0 aromatic heterocycles. The third-order valence-electron chi connectivity index (χ3n) is 4.65. The van der Waals surface area contributed by atoms with Crippen LogP contribution in [0.15, 0.2) is 66.7 Å². The third kappa shape index (κ3) is 6.22. The highest BCUT2D eigenvalue weighted by Crippen LogP contribution is 2.22. The van der Waals surface area contributed by atoms with Crippen molar-refractivity contribution in [3.8, 4) is 11.5 Å². The topological polar surface area (TPSA) is 52.6 Å². The van der Waals surface area contributed by atoms with E-state index in [4.69, 9.17) is 9.47 Å². The molecule has 0 atom stereocenters. The lowest BCUT2D eigenvalue weighted by Gasteiger charge is -2.08. The van der Waals surface area contributed by atoms with Crippen molar-refractivity contribution >= 4 is 11.9 Å². The maximum absolute atomic E-state index is 14.4. The molecule has 0 heterocycles. The molecule has 0 N–H and O–H groups in total. The van der Waals surface area contributed by atoms with E-state index >= 15 is 0 Å². The summed E-state index contributed by atoms with van der Waals surface area (Å²) in [6.07, 6.45) is 4.31. The predicted molar refractivity (Wildman–Crippen MR) is 112 cm³/mol. The average molecular weight is 424 g/mol. The Morgan fingerprint density at radius 3 is 2.06 bits per heavy atom. The summed E-state index contributed by atoms with van der Waals surface area (Å²) in [6, 6.07) is 15.3. The van der Waals surface area contributed by atoms with Crippen molar-refractivity contribution in [2.24, 2.45) is 0 Å². The fraction of sp³-hybridized carbons (Fsp3) is 0.200. The zero-order valence-corrected chi connectivity index (χ0v) is 17.1. The quantitative estimate of drug-likeness (QED) is 0.248. The number of ether oxygens (including phenoxy) is 2. The maximum atomic E-state index is 14.4. The monoisotopic (exact) mass is 424 g/mol. The molecule has 160 valence electrons. The standard InChI is InChI=1S/C25H22F2O4/c1-2-3-4-5-17-6-8-18(9-7-17)24(28)31-23-15-10-19(16-22(23)27)25(29)30-21-13-11-20(26)12-14-21/h6-16H,2-5H2,1H3. The van der Waals surface area contributed by atoms with Crippen molar-refractivity contribution in [1.82, 2.24) is 0 Å². The Morgan fingerprint density at radius 2 is 1.42 bits per heavy atom. The number of hydrogen-bond acceptors (Lipinski definition) is 4. The lowest BCUT2D eigenvalue weighted by molar-refractivity contribution is 0.0727. The molecule has 0 radical (unpaired) electrons. The van der Waals surface area contributed by atoms with Gasteiger partial charge in [0.15, 0.2) is 11.6 Å². The Hall–Kier alpha value is -3.54. The normalized spacial score (nSPS) is 10.5. The highest BCUT2D eigenvalue weighted by atomic mass is 19.1. The van der Waals surface area contributed by atoms with E-state index in [1.54, 1.807) is 12.1 Å². The number of carbonyl (C=O) groups excluding carboxylic acids is 2. The molecule has 6 heteroatoms. The first-order valence-corrected chi connectivity index (χ1v) is 10.0. The summed E-state index contributed by atoms with van der Waals surface area (Å²) in [5.41, 5.74) is 1.36. The lowest BCUT2D eigenvalue weighted by Crippen LogP contribution is -2.12. The number of unbranched alkanes of at least 4 members (excludes halogenated alkanes) is 2. The van der Waals surface area contributed by atoms with Gasteiger partial charge >= 0.3 is 11.9 Å². The highest BCUT2D eigenvalue weighted by molar-refractivity contribution is 5.92. The zero-order valence-electron chi connectivity index (χ0n) is 17.1. The Kier molecular flexibility index (Phi) is 7.49. The van der Waals surface area contributed by atoms with Crippen LogP contribution in [-0.2, 0) is 6.42 Å². The van der Waals surface area contributed by atoms with E-state index in [-0.39, 0.29) is 17.1 Å². The van der Waals surface area contributed by atoms with Gasteiger partial charge in [0.2, 0.25) is 0 Å². The molecule has 3 aromatic rings. The second kappa shape index (κ2) is 10.5. The van der Waals surface area contributed by atoms with Gasteiger partial charge in [0.1, 0.15) is 11.6 Å². The molecule has 0 saturated carbocycles. The van der Waals surface area contributed by atoms with Crippen LogP contribution in [0.2, 0.25) is 0 Å². The minimum atomic E-state index is -0.877. The smallest absolute Gasteiger partial charge is 0.343 e. The van der Waals surface area contributed by atoms with Gasteiger partial charge < -0.3 is 9.47 Å². The van der Waals surface area contributed by atoms with Crippen molar-refractivity contribution in [3.05, 3.63) is 95.1 Å². The van der Waals surface area contributed by atoms with E-state index in [9.17, 15) is 18.4 Å². The van der Waals surface area contributed by atoms with Gasteiger partial charge in [0, 0.05) is 0 Å². The molecule has 0 amide bonds. The van der Waals surface area contributed by atoms with Gasteiger partial charge in [0.25, 0.3) is 0 Å². The van der Waals surface area contributed by atoms with Gasteiger partial charge in [-0.05, 0) is 73.0 Å². The molecule has 3 rings (SSSR count). The minimum absolute atomic E-state index is 0.0712. The Bertz CT molecular complexity index is 1040. The molecule has 0 unspecified atom stereocenters. The van der Waals surface area contributed by atoms with E-state index in [1.165, 1.54) is 24.3 Å². The average Bonchev–Trinajstić information content (AvgIpc) is 2.77. The molecule has 0 aliphatic heterocycles. The van der Waals surface area contributed by atoms with Gasteiger partial charge in [-0.2, -0.15) is 0 Å². The molecule has 0 bridgehead atoms. The first-order valence-electron chi connectivity index (χ1n) is 10.0. The fourth-order valence-corrected chi connectivity index (χ4v) is 2.92. The van der Waals surface area contributed by atoms with Crippen LogP contribution in [0.3, 0.4) is 0 Å². The van der Waals surface area contributed by atoms with Crippen LogP contribution in [-0.4, -0.2) is 11.9 Å². The lowest BCUT2D eigenvalue weighted by atomic mass is 10.1. The zero-order chi connectivity index (χ0) is 22.2.